The normalized spacial score (nSPS) is 11.6. The number of fused-ring (bicyclic) bond motifs is 4. The molecular weight excluding hydrogens is 336 g/mol. The van der Waals surface area contributed by atoms with E-state index in [1.54, 1.807) is 6.33 Å². The van der Waals surface area contributed by atoms with Gasteiger partial charge in [0.2, 0.25) is 0 Å². The zero-order valence-electron chi connectivity index (χ0n) is 15.3. The lowest BCUT2D eigenvalue weighted by atomic mass is 10.1. The Hall–Kier alpha value is -3.34. The number of aryl methyl sites for hydroxylation is 2. The number of aromatic nitrogens is 3. The first-order chi connectivity index (χ1) is 13.2. The molecule has 0 fully saturated rings. The van der Waals surface area contributed by atoms with Crippen LogP contribution in [0.4, 0.5) is 5.82 Å². The number of nitrogens with one attached hydrogen (secondary N) is 2. The average Bonchev–Trinajstić information content (AvgIpc) is 3.20. The van der Waals surface area contributed by atoms with Gasteiger partial charge in [0.15, 0.2) is 11.4 Å². The van der Waals surface area contributed by atoms with Crippen molar-refractivity contribution in [1.29, 1.82) is 0 Å². The molecule has 0 spiro atoms. The molecule has 27 heavy (non-hydrogen) atoms. The molecule has 5 aromatic rings. The highest BCUT2D eigenvalue weighted by molar-refractivity contribution is 6.05. The smallest absolute Gasteiger partial charge is 0.196 e. The van der Waals surface area contributed by atoms with Gasteiger partial charge in [0.05, 0.1) is 0 Å². The SMILES string of the molecule is Cc1ccc2[nH]c(C)c(CCNc3ncnc4c3oc3ccccc34)c2c1. The van der Waals surface area contributed by atoms with Crippen molar-refractivity contribution < 1.29 is 4.42 Å². The van der Waals surface area contributed by atoms with Crippen molar-refractivity contribution in [3.63, 3.8) is 0 Å². The fraction of sp³-hybridized carbons (Fsp3) is 0.182. The van der Waals surface area contributed by atoms with Crippen molar-refractivity contribution in [2.75, 3.05) is 11.9 Å². The highest BCUT2D eigenvalue weighted by Gasteiger charge is 2.13. The van der Waals surface area contributed by atoms with Crippen molar-refractivity contribution >= 4 is 38.8 Å². The first-order valence-corrected chi connectivity index (χ1v) is 9.14. The molecule has 2 N–H and O–H groups in total. The molecule has 0 bridgehead atoms. The van der Waals surface area contributed by atoms with E-state index in [-0.39, 0.29) is 0 Å². The van der Waals surface area contributed by atoms with Crippen molar-refractivity contribution in [3.05, 3.63) is 65.6 Å². The Morgan fingerprint density at radius 1 is 1.04 bits per heavy atom. The summed E-state index contributed by atoms with van der Waals surface area (Å²) in [5.74, 6) is 0.741. The summed E-state index contributed by atoms with van der Waals surface area (Å²) in [6.45, 7) is 5.03. The minimum Gasteiger partial charge on any atom is -0.450 e. The summed E-state index contributed by atoms with van der Waals surface area (Å²) in [6.07, 6.45) is 2.49. The van der Waals surface area contributed by atoms with Gasteiger partial charge in [-0.3, -0.25) is 0 Å². The van der Waals surface area contributed by atoms with E-state index in [1.807, 2.05) is 24.3 Å². The third-order valence-electron chi connectivity index (χ3n) is 5.10. The van der Waals surface area contributed by atoms with Crippen LogP contribution in [-0.2, 0) is 6.42 Å². The Morgan fingerprint density at radius 2 is 1.93 bits per heavy atom. The molecule has 0 saturated heterocycles. The molecule has 3 aromatic heterocycles. The van der Waals surface area contributed by atoms with E-state index in [9.17, 15) is 0 Å². The second-order valence-corrected chi connectivity index (χ2v) is 6.95. The van der Waals surface area contributed by atoms with Gasteiger partial charge in [-0.25, -0.2) is 9.97 Å². The van der Waals surface area contributed by atoms with Crippen LogP contribution in [-0.4, -0.2) is 21.5 Å². The minimum atomic E-state index is 0.713. The molecule has 0 unspecified atom stereocenters. The van der Waals surface area contributed by atoms with Crippen molar-refractivity contribution in [2.45, 2.75) is 20.3 Å². The number of anilines is 1. The molecule has 0 amide bonds. The Kier molecular flexibility index (Phi) is 3.60. The number of nitrogens with zero attached hydrogens (tertiary/aromatic N) is 2. The molecule has 5 nitrogen and oxygen atoms in total. The highest BCUT2D eigenvalue weighted by atomic mass is 16.3. The van der Waals surface area contributed by atoms with Gasteiger partial charge >= 0.3 is 0 Å². The summed E-state index contributed by atoms with van der Waals surface area (Å²) in [7, 11) is 0. The summed E-state index contributed by atoms with van der Waals surface area (Å²) >= 11 is 0. The maximum atomic E-state index is 5.99. The topological polar surface area (TPSA) is 66.7 Å². The summed E-state index contributed by atoms with van der Waals surface area (Å²) in [5, 5.41) is 5.75. The van der Waals surface area contributed by atoms with E-state index in [1.165, 1.54) is 27.7 Å². The third-order valence-corrected chi connectivity index (χ3v) is 5.10. The number of benzene rings is 2. The molecule has 0 radical (unpaired) electrons. The fourth-order valence-electron chi connectivity index (χ4n) is 3.77. The number of H-pyrrole nitrogens is 1. The van der Waals surface area contributed by atoms with E-state index in [0.29, 0.717) is 5.58 Å². The van der Waals surface area contributed by atoms with E-state index in [4.69, 9.17) is 4.42 Å². The van der Waals surface area contributed by atoms with Crippen LogP contribution in [0.3, 0.4) is 0 Å². The van der Waals surface area contributed by atoms with Crippen LogP contribution in [0.5, 0.6) is 0 Å². The van der Waals surface area contributed by atoms with E-state index in [0.717, 1.165) is 35.3 Å². The number of furan rings is 1. The van der Waals surface area contributed by atoms with Gasteiger partial charge < -0.3 is 14.7 Å². The summed E-state index contributed by atoms with van der Waals surface area (Å²) in [5.41, 5.74) is 7.42. The van der Waals surface area contributed by atoms with Crippen LogP contribution in [0, 0.1) is 13.8 Å². The second kappa shape index (κ2) is 6.13. The van der Waals surface area contributed by atoms with Crippen LogP contribution in [0.2, 0.25) is 0 Å². The molecule has 0 saturated carbocycles. The maximum Gasteiger partial charge on any atom is 0.196 e. The van der Waals surface area contributed by atoms with Crippen LogP contribution in [0.1, 0.15) is 16.8 Å². The summed E-state index contributed by atoms with van der Waals surface area (Å²) in [6, 6.07) is 14.5. The van der Waals surface area contributed by atoms with E-state index < -0.39 is 0 Å². The first kappa shape index (κ1) is 15.9. The summed E-state index contributed by atoms with van der Waals surface area (Å²) < 4.78 is 5.99. The lowest BCUT2D eigenvalue weighted by Gasteiger charge is -2.06. The van der Waals surface area contributed by atoms with Gasteiger partial charge in [0.1, 0.15) is 17.4 Å². The van der Waals surface area contributed by atoms with Gasteiger partial charge in [0, 0.05) is 28.5 Å². The van der Waals surface area contributed by atoms with Gasteiger partial charge in [-0.2, -0.15) is 0 Å². The first-order valence-electron chi connectivity index (χ1n) is 9.14. The standard InChI is InChI=1S/C22H20N4O/c1-13-7-8-18-17(11-13)15(14(2)26-18)9-10-23-22-21-20(24-12-25-22)16-5-3-4-6-19(16)27-21/h3-8,11-12,26H,9-10H2,1-2H3,(H,23,24,25). The molecule has 0 aliphatic carbocycles. The molecule has 2 aromatic carbocycles. The van der Waals surface area contributed by atoms with Crippen molar-refractivity contribution in [3.8, 4) is 0 Å². The predicted molar refractivity (Wildman–Crippen MR) is 109 cm³/mol. The van der Waals surface area contributed by atoms with Crippen LogP contribution < -0.4 is 5.32 Å². The zero-order chi connectivity index (χ0) is 18.4. The van der Waals surface area contributed by atoms with E-state index >= 15 is 0 Å². The molecule has 0 aliphatic heterocycles. The largest absolute Gasteiger partial charge is 0.450 e. The van der Waals surface area contributed by atoms with Gasteiger partial charge in [0.25, 0.3) is 0 Å². The maximum absolute atomic E-state index is 5.99. The predicted octanol–water partition coefficient (Wildman–Crippen LogP) is 5.13. The van der Waals surface area contributed by atoms with Crippen molar-refractivity contribution in [2.24, 2.45) is 0 Å². The fourth-order valence-corrected chi connectivity index (χ4v) is 3.77. The lowest BCUT2D eigenvalue weighted by Crippen LogP contribution is -2.07. The Labute approximate surface area is 156 Å². The van der Waals surface area contributed by atoms with Crippen LogP contribution in [0.15, 0.2) is 53.2 Å². The lowest BCUT2D eigenvalue weighted by molar-refractivity contribution is 0.666. The van der Waals surface area contributed by atoms with Crippen molar-refractivity contribution in [1.82, 2.24) is 15.0 Å². The highest BCUT2D eigenvalue weighted by Crippen LogP contribution is 2.30. The minimum absolute atomic E-state index is 0.713. The summed E-state index contributed by atoms with van der Waals surface area (Å²) in [4.78, 5) is 12.3. The molecule has 5 rings (SSSR count). The number of para-hydroxylation sites is 1. The number of aromatic amines is 1. The Bertz CT molecular complexity index is 1280. The van der Waals surface area contributed by atoms with Crippen LogP contribution in [0.25, 0.3) is 33.0 Å². The Morgan fingerprint density at radius 3 is 2.85 bits per heavy atom. The number of rotatable bonds is 4. The third kappa shape index (κ3) is 2.63. The monoisotopic (exact) mass is 356 g/mol. The second-order valence-electron chi connectivity index (χ2n) is 6.95. The van der Waals surface area contributed by atoms with Gasteiger partial charge in [-0.05, 0) is 50.1 Å². The van der Waals surface area contributed by atoms with Crippen LogP contribution >= 0.6 is 0 Å². The Balaban J connectivity index is 1.44. The molecule has 5 heteroatoms. The molecule has 134 valence electrons. The molecule has 0 aliphatic rings. The average molecular weight is 356 g/mol. The quantitative estimate of drug-likeness (QED) is 0.468. The van der Waals surface area contributed by atoms with Gasteiger partial charge in [-0.15, -0.1) is 0 Å². The molecule has 3 heterocycles. The number of hydrogen-bond donors (Lipinski definition) is 2. The van der Waals surface area contributed by atoms with E-state index in [2.05, 4.69) is 52.3 Å². The van der Waals surface area contributed by atoms with Gasteiger partial charge in [-0.1, -0.05) is 23.8 Å². The molecule has 0 atom stereocenters. The number of hydrogen-bond acceptors (Lipinski definition) is 4. The zero-order valence-corrected chi connectivity index (χ0v) is 15.3. The molecular formula is C22H20N4O.